The number of halogens is 2. The molecule has 2 aromatic heterocycles. The predicted octanol–water partition coefficient (Wildman–Crippen LogP) is 4.59. The molecule has 1 unspecified atom stereocenters. The Hall–Kier alpha value is -2.83. The molecule has 4 aromatic rings. The standard InChI is InChI=1S/C21H19ClFN5/c1-27(2)21(15-4-3-5-16(23)10-15)13-28-20-11-14(6-7-19(20)25-26-28)17-8-9-24-12-18(17)22/h3-12,21H,13H2,1-2H3. The Bertz CT molecular complexity index is 1120. The largest absolute Gasteiger partial charge is 0.301 e. The molecular weight excluding hydrogens is 377 g/mol. The lowest BCUT2D eigenvalue weighted by atomic mass is 10.0. The monoisotopic (exact) mass is 395 g/mol. The van der Waals surface area contributed by atoms with Crippen LogP contribution in [-0.2, 0) is 6.54 Å². The minimum Gasteiger partial charge on any atom is -0.301 e. The molecular formula is C21H19ClFN5. The summed E-state index contributed by atoms with van der Waals surface area (Å²) in [5.41, 5.74) is 4.46. The average molecular weight is 396 g/mol. The van der Waals surface area contributed by atoms with Crippen molar-refractivity contribution < 1.29 is 4.39 Å². The first-order valence-electron chi connectivity index (χ1n) is 8.88. The fraction of sp³-hybridized carbons (Fsp3) is 0.190. The minimum atomic E-state index is -0.248. The second-order valence-corrected chi connectivity index (χ2v) is 7.27. The van der Waals surface area contributed by atoms with Crippen molar-refractivity contribution in [2.24, 2.45) is 0 Å². The maximum Gasteiger partial charge on any atom is 0.123 e. The molecule has 2 aromatic carbocycles. The fourth-order valence-corrected chi connectivity index (χ4v) is 3.55. The predicted molar refractivity (Wildman–Crippen MR) is 109 cm³/mol. The number of benzene rings is 2. The molecule has 0 fully saturated rings. The smallest absolute Gasteiger partial charge is 0.123 e. The number of hydrogen-bond acceptors (Lipinski definition) is 4. The summed E-state index contributed by atoms with van der Waals surface area (Å²) in [6.07, 6.45) is 3.34. The summed E-state index contributed by atoms with van der Waals surface area (Å²) in [5.74, 6) is -0.248. The lowest BCUT2D eigenvalue weighted by Crippen LogP contribution is -2.25. The van der Waals surface area contributed by atoms with Crippen molar-refractivity contribution in [2.75, 3.05) is 14.1 Å². The molecule has 0 N–H and O–H groups in total. The highest BCUT2D eigenvalue weighted by atomic mass is 35.5. The van der Waals surface area contributed by atoms with Gasteiger partial charge in [0.25, 0.3) is 0 Å². The van der Waals surface area contributed by atoms with Gasteiger partial charge in [0.1, 0.15) is 11.3 Å². The third-order valence-corrected chi connectivity index (χ3v) is 5.10. The van der Waals surface area contributed by atoms with E-state index in [1.807, 2.05) is 54.0 Å². The summed E-state index contributed by atoms with van der Waals surface area (Å²) in [6.45, 7) is 0.542. The van der Waals surface area contributed by atoms with E-state index in [0.29, 0.717) is 11.6 Å². The van der Waals surface area contributed by atoms with Crippen LogP contribution in [0, 0.1) is 5.82 Å². The summed E-state index contributed by atoms with van der Waals surface area (Å²) in [5, 5.41) is 9.19. The molecule has 0 saturated heterocycles. The first kappa shape index (κ1) is 18.5. The highest BCUT2D eigenvalue weighted by molar-refractivity contribution is 6.33. The van der Waals surface area contributed by atoms with Crippen LogP contribution in [0.1, 0.15) is 11.6 Å². The van der Waals surface area contributed by atoms with E-state index < -0.39 is 0 Å². The highest BCUT2D eigenvalue weighted by Crippen LogP contribution is 2.30. The summed E-state index contributed by atoms with van der Waals surface area (Å²) < 4.78 is 15.6. The van der Waals surface area contributed by atoms with Crippen LogP contribution in [0.3, 0.4) is 0 Å². The minimum absolute atomic E-state index is 0.0474. The molecule has 28 heavy (non-hydrogen) atoms. The molecule has 0 radical (unpaired) electrons. The van der Waals surface area contributed by atoms with E-state index in [1.54, 1.807) is 24.5 Å². The van der Waals surface area contributed by atoms with Gasteiger partial charge in [-0.25, -0.2) is 9.07 Å². The van der Waals surface area contributed by atoms with E-state index in [0.717, 1.165) is 27.7 Å². The highest BCUT2D eigenvalue weighted by Gasteiger charge is 2.18. The molecule has 142 valence electrons. The average Bonchev–Trinajstić information content (AvgIpc) is 3.08. The second kappa shape index (κ2) is 7.66. The Morgan fingerprint density at radius 3 is 2.75 bits per heavy atom. The number of pyridine rings is 1. The Morgan fingerprint density at radius 1 is 1.14 bits per heavy atom. The van der Waals surface area contributed by atoms with E-state index in [1.165, 1.54) is 6.07 Å². The lowest BCUT2D eigenvalue weighted by molar-refractivity contribution is 0.261. The molecule has 0 amide bonds. The van der Waals surface area contributed by atoms with Crippen molar-refractivity contribution in [2.45, 2.75) is 12.6 Å². The second-order valence-electron chi connectivity index (χ2n) is 6.86. The van der Waals surface area contributed by atoms with E-state index in [4.69, 9.17) is 11.6 Å². The molecule has 1 atom stereocenters. The molecule has 0 aliphatic rings. The van der Waals surface area contributed by atoms with Crippen molar-refractivity contribution >= 4 is 22.6 Å². The molecule has 4 rings (SSSR count). The van der Waals surface area contributed by atoms with Gasteiger partial charge >= 0.3 is 0 Å². The molecule has 7 heteroatoms. The van der Waals surface area contributed by atoms with Crippen LogP contribution >= 0.6 is 11.6 Å². The Kier molecular flexibility index (Phi) is 5.07. The quantitative estimate of drug-likeness (QED) is 0.496. The van der Waals surface area contributed by atoms with Crippen LogP contribution < -0.4 is 0 Å². The molecule has 0 saturated carbocycles. The zero-order chi connectivity index (χ0) is 19.7. The normalized spacial score (nSPS) is 12.6. The third kappa shape index (κ3) is 3.61. The van der Waals surface area contributed by atoms with Crippen LogP contribution in [-0.4, -0.2) is 39.0 Å². The molecule has 0 bridgehead atoms. The number of aromatic nitrogens is 4. The first-order chi connectivity index (χ1) is 13.5. The van der Waals surface area contributed by atoms with Crippen LogP contribution in [0.25, 0.3) is 22.2 Å². The third-order valence-electron chi connectivity index (χ3n) is 4.80. The van der Waals surface area contributed by atoms with Crippen molar-refractivity contribution in [3.05, 3.63) is 77.3 Å². The van der Waals surface area contributed by atoms with Crippen molar-refractivity contribution in [1.29, 1.82) is 0 Å². The molecule has 0 aliphatic heterocycles. The van der Waals surface area contributed by atoms with Crippen molar-refractivity contribution in [1.82, 2.24) is 24.9 Å². The first-order valence-corrected chi connectivity index (χ1v) is 9.26. The van der Waals surface area contributed by atoms with Gasteiger partial charge in [-0.15, -0.1) is 5.10 Å². The van der Waals surface area contributed by atoms with Gasteiger partial charge in [-0.1, -0.05) is 35.0 Å². The number of fused-ring (bicyclic) bond motifs is 1. The van der Waals surface area contributed by atoms with E-state index >= 15 is 0 Å². The Labute approximate surface area is 167 Å². The molecule has 0 spiro atoms. The van der Waals surface area contributed by atoms with Crippen LogP contribution in [0.4, 0.5) is 4.39 Å². The van der Waals surface area contributed by atoms with Gasteiger partial charge in [-0.3, -0.25) is 4.98 Å². The van der Waals surface area contributed by atoms with Gasteiger partial charge in [-0.05, 0) is 55.6 Å². The Morgan fingerprint density at radius 2 is 2.00 bits per heavy atom. The van der Waals surface area contributed by atoms with Crippen molar-refractivity contribution in [3.8, 4) is 11.1 Å². The zero-order valence-electron chi connectivity index (χ0n) is 15.5. The van der Waals surface area contributed by atoms with Crippen LogP contribution in [0.15, 0.2) is 60.9 Å². The van der Waals surface area contributed by atoms with E-state index in [-0.39, 0.29) is 11.9 Å². The van der Waals surface area contributed by atoms with Gasteiger partial charge < -0.3 is 4.90 Å². The zero-order valence-corrected chi connectivity index (χ0v) is 16.3. The number of rotatable bonds is 5. The van der Waals surface area contributed by atoms with E-state index in [9.17, 15) is 4.39 Å². The maximum absolute atomic E-state index is 13.7. The van der Waals surface area contributed by atoms with Crippen molar-refractivity contribution in [3.63, 3.8) is 0 Å². The maximum atomic E-state index is 13.7. The SMILES string of the molecule is CN(C)C(Cn1nnc2ccc(-c3ccncc3Cl)cc21)c1cccc(F)c1. The number of nitrogens with zero attached hydrogens (tertiary/aromatic N) is 5. The number of likely N-dealkylation sites (N-methyl/N-ethyl adjacent to an activating group) is 1. The number of hydrogen-bond donors (Lipinski definition) is 0. The van der Waals surface area contributed by atoms with Crippen LogP contribution in [0.2, 0.25) is 5.02 Å². The molecule has 5 nitrogen and oxygen atoms in total. The Balaban J connectivity index is 1.74. The van der Waals surface area contributed by atoms with E-state index in [2.05, 4.69) is 15.3 Å². The fourth-order valence-electron chi connectivity index (χ4n) is 3.32. The lowest BCUT2D eigenvalue weighted by Gasteiger charge is -2.24. The summed E-state index contributed by atoms with van der Waals surface area (Å²) in [6, 6.07) is 14.4. The van der Waals surface area contributed by atoms with Gasteiger partial charge in [0.2, 0.25) is 0 Å². The topological polar surface area (TPSA) is 46.8 Å². The van der Waals surface area contributed by atoms with Gasteiger partial charge in [0.05, 0.1) is 23.1 Å². The summed E-state index contributed by atoms with van der Waals surface area (Å²) in [4.78, 5) is 6.09. The van der Waals surface area contributed by atoms with Crippen LogP contribution in [0.5, 0.6) is 0 Å². The molecule has 0 aliphatic carbocycles. The summed E-state index contributed by atoms with van der Waals surface area (Å²) >= 11 is 6.30. The van der Waals surface area contributed by atoms with Gasteiger partial charge in [0, 0.05) is 18.0 Å². The van der Waals surface area contributed by atoms with Gasteiger partial charge in [-0.2, -0.15) is 0 Å². The molecule has 2 heterocycles. The van der Waals surface area contributed by atoms with Gasteiger partial charge in [0.15, 0.2) is 0 Å². The summed E-state index contributed by atoms with van der Waals surface area (Å²) in [7, 11) is 3.94.